The lowest BCUT2D eigenvalue weighted by atomic mass is 10.4. The maximum absolute atomic E-state index is 11.7. The summed E-state index contributed by atoms with van der Waals surface area (Å²) in [5.41, 5.74) is 4.55. The average Bonchev–Trinajstić information content (AvgIpc) is 2.13. The van der Waals surface area contributed by atoms with Gasteiger partial charge in [-0.3, -0.25) is 4.79 Å². The van der Waals surface area contributed by atoms with Crippen molar-refractivity contribution in [3.8, 4) is 0 Å². The van der Waals surface area contributed by atoms with Crippen LogP contribution < -0.4 is 5.73 Å². The molecule has 4 heteroatoms. The highest BCUT2D eigenvalue weighted by Gasteiger charge is 2.60. The molecule has 0 spiro atoms. The monoisotopic (exact) mass is 121 g/mol. The van der Waals surface area contributed by atoms with Gasteiger partial charge >= 0.3 is 0 Å². The van der Waals surface area contributed by atoms with Gasteiger partial charge in [0.25, 0.3) is 5.92 Å². The summed E-state index contributed by atoms with van der Waals surface area (Å²) in [7, 11) is 0. The van der Waals surface area contributed by atoms with Crippen molar-refractivity contribution in [1.82, 2.24) is 0 Å². The molecule has 1 unspecified atom stereocenters. The second-order valence-electron chi connectivity index (χ2n) is 1.92. The molecule has 8 heavy (non-hydrogen) atoms. The second kappa shape index (κ2) is 1.18. The molecule has 0 radical (unpaired) electrons. The number of rotatable bonds is 1. The lowest BCUT2D eigenvalue weighted by Crippen LogP contribution is -2.16. The molecule has 1 atom stereocenters. The van der Waals surface area contributed by atoms with Crippen molar-refractivity contribution < 1.29 is 13.6 Å². The van der Waals surface area contributed by atoms with Crippen LogP contribution in [-0.4, -0.2) is 11.8 Å². The Balaban J connectivity index is 2.48. The first-order valence-corrected chi connectivity index (χ1v) is 2.21. The SMILES string of the molecule is NC(=O)C1CC1(F)F. The summed E-state index contributed by atoms with van der Waals surface area (Å²) in [6.45, 7) is 0. The van der Waals surface area contributed by atoms with Crippen molar-refractivity contribution >= 4 is 5.91 Å². The molecule has 46 valence electrons. The molecule has 1 rings (SSSR count). The van der Waals surface area contributed by atoms with Gasteiger partial charge in [-0.05, 0) is 0 Å². The van der Waals surface area contributed by atoms with Gasteiger partial charge in [-0.15, -0.1) is 0 Å². The lowest BCUT2D eigenvalue weighted by molar-refractivity contribution is -0.121. The first-order valence-electron chi connectivity index (χ1n) is 2.21. The van der Waals surface area contributed by atoms with Crippen LogP contribution in [0.4, 0.5) is 8.78 Å². The smallest absolute Gasteiger partial charge is 0.260 e. The molecule has 0 aromatic rings. The van der Waals surface area contributed by atoms with Gasteiger partial charge in [0.15, 0.2) is 0 Å². The third kappa shape index (κ3) is 0.657. The van der Waals surface area contributed by atoms with E-state index in [-0.39, 0.29) is 6.42 Å². The maximum Gasteiger partial charge on any atom is 0.260 e. The Hall–Kier alpha value is -0.670. The number of hydrogen-bond donors (Lipinski definition) is 1. The number of carbonyl (C=O) groups is 1. The zero-order valence-electron chi connectivity index (χ0n) is 4.03. The van der Waals surface area contributed by atoms with Crippen LogP contribution in [0.1, 0.15) is 6.42 Å². The minimum atomic E-state index is -2.79. The number of primary amides is 1. The molecule has 1 amide bonds. The standard InChI is InChI=1S/C4H5F2NO/c5-4(6)1-2(4)3(7)8/h2H,1H2,(H2,7,8). The van der Waals surface area contributed by atoms with Crippen molar-refractivity contribution in [3.63, 3.8) is 0 Å². The minimum Gasteiger partial charge on any atom is -0.369 e. The first kappa shape index (κ1) is 5.47. The third-order valence-corrected chi connectivity index (χ3v) is 1.17. The Morgan fingerprint density at radius 3 is 2.12 bits per heavy atom. The topological polar surface area (TPSA) is 43.1 Å². The summed E-state index contributed by atoms with van der Waals surface area (Å²) < 4.78 is 23.5. The molecule has 0 aromatic carbocycles. The molecule has 0 heterocycles. The van der Waals surface area contributed by atoms with E-state index in [1.807, 2.05) is 0 Å². The van der Waals surface area contributed by atoms with Crippen LogP contribution in [0.15, 0.2) is 0 Å². The van der Waals surface area contributed by atoms with Crippen LogP contribution in [0.25, 0.3) is 0 Å². The fraction of sp³-hybridized carbons (Fsp3) is 0.750. The van der Waals surface area contributed by atoms with Crippen LogP contribution in [0.3, 0.4) is 0 Å². The van der Waals surface area contributed by atoms with Crippen LogP contribution in [0.2, 0.25) is 0 Å². The summed E-state index contributed by atoms with van der Waals surface area (Å²) >= 11 is 0. The van der Waals surface area contributed by atoms with Crippen molar-refractivity contribution in [2.75, 3.05) is 0 Å². The second-order valence-corrected chi connectivity index (χ2v) is 1.92. The van der Waals surface area contributed by atoms with Crippen LogP contribution in [0.5, 0.6) is 0 Å². The van der Waals surface area contributed by atoms with E-state index in [1.54, 1.807) is 0 Å². The Kier molecular flexibility index (Phi) is 0.808. The van der Waals surface area contributed by atoms with Gasteiger partial charge in [0.05, 0.1) is 0 Å². The van der Waals surface area contributed by atoms with Crippen molar-refractivity contribution in [1.29, 1.82) is 0 Å². The molecule has 0 aromatic heterocycles. The molecule has 0 aliphatic heterocycles. The van der Waals surface area contributed by atoms with E-state index < -0.39 is 17.7 Å². The van der Waals surface area contributed by atoms with E-state index in [1.165, 1.54) is 0 Å². The van der Waals surface area contributed by atoms with Gasteiger partial charge in [-0.25, -0.2) is 8.78 Å². The largest absolute Gasteiger partial charge is 0.369 e. The molecule has 1 aliphatic rings. The molecular weight excluding hydrogens is 116 g/mol. The van der Waals surface area contributed by atoms with Gasteiger partial charge < -0.3 is 5.73 Å². The number of alkyl halides is 2. The molecule has 0 bridgehead atoms. The Labute approximate surface area is 44.7 Å². The number of halogens is 2. The highest BCUT2D eigenvalue weighted by atomic mass is 19.3. The minimum absolute atomic E-state index is 0.359. The fourth-order valence-corrected chi connectivity index (χ4v) is 0.522. The maximum atomic E-state index is 11.7. The van der Waals surface area contributed by atoms with E-state index >= 15 is 0 Å². The van der Waals surface area contributed by atoms with Gasteiger partial charge in [-0.2, -0.15) is 0 Å². The van der Waals surface area contributed by atoms with Crippen LogP contribution in [-0.2, 0) is 4.79 Å². The fourth-order valence-electron chi connectivity index (χ4n) is 0.522. The van der Waals surface area contributed by atoms with Crippen LogP contribution in [0, 0.1) is 5.92 Å². The van der Waals surface area contributed by atoms with E-state index in [4.69, 9.17) is 0 Å². The normalized spacial score (nSPS) is 32.0. The highest BCUT2D eigenvalue weighted by Crippen LogP contribution is 2.48. The Bertz CT molecular complexity index is 134. The first-order chi connectivity index (χ1) is 3.54. The quantitative estimate of drug-likeness (QED) is 0.526. The number of hydrogen-bond acceptors (Lipinski definition) is 1. The molecule has 0 saturated heterocycles. The van der Waals surface area contributed by atoms with Gasteiger partial charge in [0.2, 0.25) is 5.91 Å². The molecule has 1 saturated carbocycles. The Morgan fingerprint density at radius 2 is 2.12 bits per heavy atom. The zero-order valence-corrected chi connectivity index (χ0v) is 4.03. The highest BCUT2D eigenvalue weighted by molar-refractivity contribution is 5.80. The van der Waals surface area contributed by atoms with Crippen molar-refractivity contribution in [2.45, 2.75) is 12.3 Å². The van der Waals surface area contributed by atoms with Crippen molar-refractivity contribution in [3.05, 3.63) is 0 Å². The Morgan fingerprint density at radius 1 is 1.75 bits per heavy atom. The van der Waals surface area contributed by atoms with E-state index in [0.717, 1.165) is 0 Å². The number of nitrogens with two attached hydrogens (primary N) is 1. The predicted molar refractivity (Wildman–Crippen MR) is 22.2 cm³/mol. The van der Waals surface area contributed by atoms with E-state index in [0.29, 0.717) is 0 Å². The van der Waals surface area contributed by atoms with Crippen LogP contribution >= 0.6 is 0 Å². The zero-order chi connectivity index (χ0) is 6.36. The molecular formula is C4H5F2NO. The molecule has 2 N–H and O–H groups in total. The third-order valence-electron chi connectivity index (χ3n) is 1.17. The van der Waals surface area contributed by atoms with Gasteiger partial charge in [0, 0.05) is 6.42 Å². The molecule has 2 nitrogen and oxygen atoms in total. The average molecular weight is 121 g/mol. The summed E-state index contributed by atoms with van der Waals surface area (Å²) in [4.78, 5) is 9.92. The lowest BCUT2D eigenvalue weighted by Gasteiger charge is -1.87. The summed E-state index contributed by atoms with van der Waals surface area (Å²) in [5, 5.41) is 0. The summed E-state index contributed by atoms with van der Waals surface area (Å²) in [5.74, 6) is -4.86. The van der Waals surface area contributed by atoms with Gasteiger partial charge in [0.1, 0.15) is 5.92 Å². The molecule has 1 fully saturated rings. The summed E-state index contributed by atoms with van der Waals surface area (Å²) in [6.07, 6.45) is -0.359. The number of carbonyl (C=O) groups excluding carboxylic acids is 1. The molecule has 1 aliphatic carbocycles. The predicted octanol–water partition coefficient (Wildman–Crippen LogP) is 0.127. The van der Waals surface area contributed by atoms with Gasteiger partial charge in [-0.1, -0.05) is 0 Å². The van der Waals surface area contributed by atoms with E-state index in [2.05, 4.69) is 5.73 Å². The van der Waals surface area contributed by atoms with Crippen molar-refractivity contribution in [2.24, 2.45) is 11.7 Å². The summed E-state index contributed by atoms with van der Waals surface area (Å²) in [6, 6.07) is 0. The number of amides is 1. The van der Waals surface area contributed by atoms with E-state index in [9.17, 15) is 13.6 Å².